The Morgan fingerprint density at radius 1 is 0.600 bits per heavy atom. The van der Waals surface area contributed by atoms with E-state index in [1.54, 1.807) is 6.92 Å². The van der Waals surface area contributed by atoms with E-state index < -0.39 is 105 Å². The summed E-state index contributed by atoms with van der Waals surface area (Å²) in [6, 6.07) is 0. The lowest BCUT2D eigenvalue weighted by Gasteiger charge is -2.48. The van der Waals surface area contributed by atoms with Gasteiger partial charge in [0.15, 0.2) is 18.9 Å². The zero-order chi connectivity index (χ0) is 37.0. The van der Waals surface area contributed by atoms with E-state index in [4.69, 9.17) is 33.5 Å². The van der Waals surface area contributed by atoms with Gasteiger partial charge in [0.2, 0.25) is 0 Å². The Labute approximate surface area is 294 Å². The Hall–Kier alpha value is -1.09. The molecule has 3 fully saturated rings. The molecule has 50 heavy (non-hydrogen) atoms. The molecule has 294 valence electrons. The average molecular weight is 727 g/mol. The maximum absolute atomic E-state index is 11.2. The number of hydrogen-bond donors (Lipinski definition) is 9. The number of rotatable bonds is 21. The van der Waals surface area contributed by atoms with E-state index in [0.29, 0.717) is 19.3 Å². The molecular weight excluding hydrogens is 664 g/mol. The van der Waals surface area contributed by atoms with E-state index in [-0.39, 0.29) is 12.5 Å². The van der Waals surface area contributed by atoms with E-state index in [9.17, 15) is 45.6 Å². The predicted molar refractivity (Wildman–Crippen MR) is 174 cm³/mol. The van der Waals surface area contributed by atoms with Crippen LogP contribution in [0.5, 0.6) is 0 Å². The monoisotopic (exact) mass is 726 g/mol. The highest BCUT2D eigenvalue weighted by molar-refractivity contribution is 5.66. The minimum Gasteiger partial charge on any atom is -0.481 e. The summed E-state index contributed by atoms with van der Waals surface area (Å²) in [6.07, 6.45) is -11.4. The van der Waals surface area contributed by atoms with Crippen LogP contribution in [0.3, 0.4) is 0 Å². The van der Waals surface area contributed by atoms with Crippen LogP contribution in [0.2, 0.25) is 0 Å². The molecule has 16 nitrogen and oxygen atoms in total. The SMILES string of the molecule is CCCCCC(CCCCCCCCCC(=O)O)OC1OC(C)C(O)C(O)C1OC1OC(CO)C(O)C(O)C1OC1OC(C)C(O)C(O)C1O. The standard InChI is InChI=1S/C34H62O16/c1-4-5-11-14-20(15-12-9-7-6-8-10-13-16-22(36)37)47-33-30(27(42)24(39)19(3)46-33)50-34-31(28(43)25(40)21(17-35)48-34)49-32-29(44)26(41)23(38)18(2)45-32/h18-21,23-35,38-44H,4-17H2,1-3H3,(H,36,37). The second-order valence-electron chi connectivity index (χ2n) is 13.9. The first-order valence-corrected chi connectivity index (χ1v) is 18.3. The summed E-state index contributed by atoms with van der Waals surface area (Å²) in [5.74, 6) is -0.777. The maximum atomic E-state index is 11.2. The number of carbonyl (C=O) groups is 1. The van der Waals surface area contributed by atoms with Crippen LogP contribution in [0.25, 0.3) is 0 Å². The molecule has 0 aromatic rings. The molecule has 0 amide bonds. The van der Waals surface area contributed by atoms with Gasteiger partial charge < -0.3 is 74.4 Å². The zero-order valence-corrected chi connectivity index (χ0v) is 29.5. The van der Waals surface area contributed by atoms with Gasteiger partial charge >= 0.3 is 5.97 Å². The summed E-state index contributed by atoms with van der Waals surface area (Å²) in [4.78, 5) is 10.7. The molecule has 0 aromatic heterocycles. The van der Waals surface area contributed by atoms with E-state index in [2.05, 4.69) is 6.92 Å². The van der Waals surface area contributed by atoms with Crippen molar-refractivity contribution < 1.29 is 79.2 Å². The molecule has 16 atom stereocenters. The van der Waals surface area contributed by atoms with Crippen LogP contribution in [-0.2, 0) is 33.2 Å². The van der Waals surface area contributed by atoms with Crippen LogP contribution in [0.4, 0.5) is 0 Å². The van der Waals surface area contributed by atoms with E-state index in [0.717, 1.165) is 57.8 Å². The van der Waals surface area contributed by atoms with E-state index in [1.807, 2.05) is 0 Å². The van der Waals surface area contributed by atoms with Crippen molar-refractivity contribution >= 4 is 5.97 Å². The summed E-state index contributed by atoms with van der Waals surface area (Å²) in [5, 5.41) is 93.3. The fourth-order valence-corrected chi connectivity index (χ4v) is 6.63. The van der Waals surface area contributed by atoms with Crippen molar-refractivity contribution in [3.05, 3.63) is 0 Å². The van der Waals surface area contributed by atoms with E-state index >= 15 is 0 Å². The Bertz CT molecular complexity index is 960. The van der Waals surface area contributed by atoms with Crippen LogP contribution >= 0.6 is 0 Å². The van der Waals surface area contributed by atoms with Crippen molar-refractivity contribution in [1.29, 1.82) is 0 Å². The van der Waals surface area contributed by atoms with Gasteiger partial charge in [0.1, 0.15) is 61.0 Å². The quantitative estimate of drug-likeness (QED) is 0.0709. The van der Waals surface area contributed by atoms with Gasteiger partial charge in [-0.2, -0.15) is 0 Å². The Morgan fingerprint density at radius 3 is 1.70 bits per heavy atom. The lowest BCUT2D eigenvalue weighted by atomic mass is 9.96. The van der Waals surface area contributed by atoms with Crippen molar-refractivity contribution in [2.75, 3.05) is 6.61 Å². The molecule has 9 N–H and O–H groups in total. The largest absolute Gasteiger partial charge is 0.481 e. The topological polar surface area (TPSA) is 255 Å². The summed E-state index contributed by atoms with van der Waals surface area (Å²) in [6.45, 7) is 4.39. The summed E-state index contributed by atoms with van der Waals surface area (Å²) in [7, 11) is 0. The second kappa shape index (κ2) is 21.6. The summed E-state index contributed by atoms with van der Waals surface area (Å²) >= 11 is 0. The minimum atomic E-state index is -1.77. The number of aliphatic carboxylic acids is 1. The fourth-order valence-electron chi connectivity index (χ4n) is 6.63. The second-order valence-corrected chi connectivity index (χ2v) is 13.9. The number of carboxylic acids is 1. The van der Waals surface area contributed by atoms with Crippen molar-refractivity contribution in [2.45, 2.75) is 202 Å². The first kappa shape index (κ1) is 43.3. The number of ether oxygens (including phenoxy) is 6. The number of carboxylic acid groups (broad SMARTS) is 1. The minimum absolute atomic E-state index is 0.187. The van der Waals surface area contributed by atoms with Crippen LogP contribution in [-0.4, -0.2) is 157 Å². The highest BCUT2D eigenvalue weighted by atomic mass is 16.8. The molecule has 3 saturated heterocycles. The van der Waals surface area contributed by atoms with Gasteiger partial charge in [0.25, 0.3) is 0 Å². The van der Waals surface area contributed by atoms with Crippen molar-refractivity contribution in [2.24, 2.45) is 0 Å². The number of aliphatic hydroxyl groups is 8. The van der Waals surface area contributed by atoms with Crippen molar-refractivity contribution in [1.82, 2.24) is 0 Å². The molecular formula is C34H62O16. The van der Waals surface area contributed by atoms with Crippen LogP contribution < -0.4 is 0 Å². The van der Waals surface area contributed by atoms with Gasteiger partial charge in [-0.3, -0.25) is 4.79 Å². The first-order chi connectivity index (χ1) is 23.8. The lowest BCUT2D eigenvalue weighted by Crippen LogP contribution is -2.66. The number of unbranched alkanes of at least 4 members (excludes halogenated alkanes) is 8. The van der Waals surface area contributed by atoms with Gasteiger partial charge in [-0.1, -0.05) is 64.7 Å². The molecule has 0 bridgehead atoms. The third-order valence-corrected chi connectivity index (χ3v) is 9.87. The van der Waals surface area contributed by atoms with Crippen molar-refractivity contribution in [3.63, 3.8) is 0 Å². The molecule has 3 aliphatic heterocycles. The highest BCUT2D eigenvalue weighted by Crippen LogP contribution is 2.34. The third-order valence-electron chi connectivity index (χ3n) is 9.87. The summed E-state index contributed by atoms with van der Waals surface area (Å²) in [5.41, 5.74) is 0. The fraction of sp³-hybridized carbons (Fsp3) is 0.971. The molecule has 3 heterocycles. The van der Waals surface area contributed by atoms with Crippen LogP contribution in [0, 0.1) is 0 Å². The lowest BCUT2D eigenvalue weighted by molar-refractivity contribution is -0.393. The molecule has 3 rings (SSSR count). The molecule has 0 saturated carbocycles. The first-order valence-electron chi connectivity index (χ1n) is 18.3. The molecule has 16 unspecified atom stereocenters. The van der Waals surface area contributed by atoms with Crippen molar-refractivity contribution in [3.8, 4) is 0 Å². The molecule has 0 radical (unpaired) electrons. The molecule has 16 heteroatoms. The third kappa shape index (κ3) is 12.2. The number of hydrogen-bond acceptors (Lipinski definition) is 15. The zero-order valence-electron chi connectivity index (χ0n) is 29.5. The Kier molecular flexibility index (Phi) is 18.7. The van der Waals surface area contributed by atoms with Gasteiger partial charge in [-0.25, -0.2) is 0 Å². The van der Waals surface area contributed by atoms with Gasteiger partial charge in [-0.15, -0.1) is 0 Å². The molecule has 0 aliphatic carbocycles. The summed E-state index contributed by atoms with van der Waals surface area (Å²) < 4.78 is 35.7. The Balaban J connectivity index is 1.73. The smallest absolute Gasteiger partial charge is 0.303 e. The molecule has 3 aliphatic rings. The van der Waals surface area contributed by atoms with Crippen LogP contribution in [0.15, 0.2) is 0 Å². The molecule has 0 aromatic carbocycles. The van der Waals surface area contributed by atoms with E-state index in [1.165, 1.54) is 6.92 Å². The number of aliphatic hydroxyl groups excluding tert-OH is 8. The maximum Gasteiger partial charge on any atom is 0.303 e. The Morgan fingerprint density at radius 2 is 1.10 bits per heavy atom. The predicted octanol–water partition coefficient (Wildman–Crippen LogP) is 0.0509. The van der Waals surface area contributed by atoms with Crippen LogP contribution in [0.1, 0.15) is 104 Å². The van der Waals surface area contributed by atoms with Gasteiger partial charge in [0, 0.05) is 6.42 Å². The van der Waals surface area contributed by atoms with Gasteiger partial charge in [-0.05, 0) is 33.1 Å². The molecule has 0 spiro atoms. The normalized spacial score (nSPS) is 40.1. The highest BCUT2D eigenvalue weighted by Gasteiger charge is 2.53. The van der Waals surface area contributed by atoms with Gasteiger partial charge in [0.05, 0.1) is 24.9 Å². The average Bonchev–Trinajstić information content (AvgIpc) is 3.08.